The molecule has 1 aliphatic heterocycles. The zero-order chi connectivity index (χ0) is 15.8. The van der Waals surface area contributed by atoms with E-state index in [0.29, 0.717) is 12.5 Å². The van der Waals surface area contributed by atoms with Gasteiger partial charge in [0.2, 0.25) is 5.91 Å². The average Bonchev–Trinajstić information content (AvgIpc) is 2.53. The van der Waals surface area contributed by atoms with Gasteiger partial charge in [-0.2, -0.15) is 0 Å². The van der Waals surface area contributed by atoms with Crippen molar-refractivity contribution in [1.29, 1.82) is 0 Å². The molecule has 2 N–H and O–H groups in total. The smallest absolute Gasteiger partial charge is 0.234 e. The van der Waals surface area contributed by atoms with Crippen LogP contribution in [0.25, 0.3) is 0 Å². The van der Waals surface area contributed by atoms with Crippen LogP contribution in [0.4, 0.5) is 0 Å². The summed E-state index contributed by atoms with van der Waals surface area (Å²) in [5.41, 5.74) is 1.32. The van der Waals surface area contributed by atoms with Gasteiger partial charge >= 0.3 is 0 Å². The molecular formula is C18H28N2O2. The van der Waals surface area contributed by atoms with Crippen molar-refractivity contribution >= 4 is 5.91 Å². The van der Waals surface area contributed by atoms with Crippen molar-refractivity contribution in [2.45, 2.75) is 38.7 Å². The fourth-order valence-electron chi connectivity index (χ4n) is 3.02. The van der Waals surface area contributed by atoms with E-state index in [1.807, 2.05) is 25.1 Å². The van der Waals surface area contributed by atoms with Gasteiger partial charge in [0.1, 0.15) is 0 Å². The Balaban J connectivity index is 1.57. The molecule has 4 heteroatoms. The molecule has 0 radical (unpaired) electrons. The number of carbonyl (C=O) groups is 1. The summed E-state index contributed by atoms with van der Waals surface area (Å²) >= 11 is 0. The van der Waals surface area contributed by atoms with Crippen LogP contribution < -0.4 is 5.32 Å². The van der Waals surface area contributed by atoms with Gasteiger partial charge in [0.05, 0.1) is 12.6 Å². The van der Waals surface area contributed by atoms with Crippen LogP contribution in [0.15, 0.2) is 30.3 Å². The lowest BCUT2D eigenvalue weighted by atomic mass is 9.92. The first-order chi connectivity index (χ1) is 10.6. The Hall–Kier alpha value is -1.39. The molecule has 4 nitrogen and oxygen atoms in total. The minimum atomic E-state index is -0.228. The third-order valence-corrected chi connectivity index (χ3v) is 4.49. The standard InChI is InChI=1S/C18H28N2O2/c1-15(21)17-9-12-20(13-10-17)14-18(22)19-11-5-8-16-6-3-2-4-7-16/h2-4,6-7,15,17,21H,5,8-14H2,1H3,(H,19,22). The van der Waals surface area contributed by atoms with E-state index in [9.17, 15) is 9.90 Å². The van der Waals surface area contributed by atoms with Gasteiger partial charge in [0.25, 0.3) is 0 Å². The summed E-state index contributed by atoms with van der Waals surface area (Å²) < 4.78 is 0. The van der Waals surface area contributed by atoms with Gasteiger partial charge in [-0.3, -0.25) is 9.69 Å². The van der Waals surface area contributed by atoms with Crippen LogP contribution in [0.3, 0.4) is 0 Å². The molecule has 22 heavy (non-hydrogen) atoms. The number of aryl methyl sites for hydroxylation is 1. The highest BCUT2D eigenvalue weighted by molar-refractivity contribution is 5.77. The SMILES string of the molecule is CC(O)C1CCN(CC(=O)NCCCc2ccccc2)CC1. The summed E-state index contributed by atoms with van der Waals surface area (Å²) in [4.78, 5) is 14.1. The van der Waals surface area contributed by atoms with Crippen LogP contribution in [-0.4, -0.2) is 48.2 Å². The van der Waals surface area contributed by atoms with Gasteiger partial charge in [-0.15, -0.1) is 0 Å². The third kappa shape index (κ3) is 5.78. The number of carbonyl (C=O) groups excluding carboxylic acids is 1. The lowest BCUT2D eigenvalue weighted by Crippen LogP contribution is -2.43. The van der Waals surface area contributed by atoms with Crippen LogP contribution in [0.5, 0.6) is 0 Å². The lowest BCUT2D eigenvalue weighted by Gasteiger charge is -2.32. The molecule has 1 aliphatic rings. The molecule has 0 aromatic heterocycles. The first kappa shape index (κ1) is 17.0. The Morgan fingerprint density at radius 3 is 2.64 bits per heavy atom. The summed E-state index contributed by atoms with van der Waals surface area (Å²) in [5.74, 6) is 0.508. The first-order valence-electron chi connectivity index (χ1n) is 8.36. The minimum absolute atomic E-state index is 0.114. The number of nitrogens with one attached hydrogen (secondary N) is 1. The number of aliphatic hydroxyl groups is 1. The largest absolute Gasteiger partial charge is 0.393 e. The Morgan fingerprint density at radius 1 is 1.32 bits per heavy atom. The van der Waals surface area contributed by atoms with E-state index >= 15 is 0 Å². The molecule has 1 amide bonds. The molecule has 0 aliphatic carbocycles. The average molecular weight is 304 g/mol. The summed E-state index contributed by atoms with van der Waals surface area (Å²) in [6.45, 7) is 4.90. The van der Waals surface area contributed by atoms with E-state index in [2.05, 4.69) is 22.3 Å². The van der Waals surface area contributed by atoms with Crippen LogP contribution in [0.2, 0.25) is 0 Å². The van der Waals surface area contributed by atoms with Crippen molar-refractivity contribution in [3.8, 4) is 0 Å². The van der Waals surface area contributed by atoms with Crippen LogP contribution in [0, 0.1) is 5.92 Å². The van der Waals surface area contributed by atoms with Crippen molar-refractivity contribution in [1.82, 2.24) is 10.2 Å². The fraction of sp³-hybridized carbons (Fsp3) is 0.611. The number of nitrogens with zero attached hydrogens (tertiary/aromatic N) is 1. The highest BCUT2D eigenvalue weighted by Gasteiger charge is 2.23. The number of piperidine rings is 1. The molecule has 0 bridgehead atoms. The van der Waals surface area contributed by atoms with E-state index in [4.69, 9.17) is 0 Å². The molecule has 1 aromatic carbocycles. The van der Waals surface area contributed by atoms with Crippen LogP contribution in [-0.2, 0) is 11.2 Å². The molecule has 1 heterocycles. The molecule has 1 saturated heterocycles. The van der Waals surface area contributed by atoms with Gasteiger partial charge in [0.15, 0.2) is 0 Å². The lowest BCUT2D eigenvalue weighted by molar-refractivity contribution is -0.122. The van der Waals surface area contributed by atoms with Gasteiger partial charge in [0, 0.05) is 6.54 Å². The van der Waals surface area contributed by atoms with Gasteiger partial charge in [-0.25, -0.2) is 0 Å². The predicted molar refractivity (Wildman–Crippen MR) is 88.6 cm³/mol. The van der Waals surface area contributed by atoms with Crippen molar-refractivity contribution in [2.75, 3.05) is 26.2 Å². The molecule has 0 spiro atoms. The zero-order valence-electron chi connectivity index (χ0n) is 13.5. The Kier molecular flexibility index (Phi) is 6.87. The van der Waals surface area contributed by atoms with E-state index < -0.39 is 0 Å². The van der Waals surface area contributed by atoms with E-state index in [1.165, 1.54) is 5.56 Å². The Bertz CT molecular complexity index is 440. The quantitative estimate of drug-likeness (QED) is 0.756. The van der Waals surface area contributed by atoms with E-state index in [0.717, 1.165) is 45.3 Å². The molecule has 1 aromatic rings. The highest BCUT2D eigenvalue weighted by Crippen LogP contribution is 2.20. The number of aliphatic hydroxyl groups excluding tert-OH is 1. The number of hydrogen-bond donors (Lipinski definition) is 2. The van der Waals surface area contributed by atoms with Crippen LogP contribution >= 0.6 is 0 Å². The Labute approximate surface area is 133 Å². The normalized spacial score (nSPS) is 18.1. The molecule has 1 unspecified atom stereocenters. The van der Waals surface area contributed by atoms with Crippen molar-refractivity contribution < 1.29 is 9.90 Å². The highest BCUT2D eigenvalue weighted by atomic mass is 16.3. The van der Waals surface area contributed by atoms with E-state index in [1.54, 1.807) is 0 Å². The molecular weight excluding hydrogens is 276 g/mol. The second-order valence-corrected chi connectivity index (χ2v) is 6.29. The number of likely N-dealkylation sites (tertiary alicyclic amines) is 1. The van der Waals surface area contributed by atoms with Gasteiger partial charge in [-0.05, 0) is 57.2 Å². The van der Waals surface area contributed by atoms with Gasteiger partial charge in [-0.1, -0.05) is 30.3 Å². The van der Waals surface area contributed by atoms with Crippen molar-refractivity contribution in [2.24, 2.45) is 5.92 Å². The fourth-order valence-corrected chi connectivity index (χ4v) is 3.02. The topological polar surface area (TPSA) is 52.6 Å². The number of hydrogen-bond acceptors (Lipinski definition) is 3. The monoisotopic (exact) mass is 304 g/mol. The molecule has 1 fully saturated rings. The number of rotatable bonds is 7. The first-order valence-corrected chi connectivity index (χ1v) is 8.36. The van der Waals surface area contributed by atoms with Gasteiger partial charge < -0.3 is 10.4 Å². The summed E-state index contributed by atoms with van der Waals surface area (Å²) in [7, 11) is 0. The molecule has 0 saturated carbocycles. The molecule has 2 rings (SSSR count). The predicted octanol–water partition coefficient (Wildman–Crippen LogP) is 1.83. The van der Waals surface area contributed by atoms with Crippen LogP contribution in [0.1, 0.15) is 31.7 Å². The zero-order valence-corrected chi connectivity index (χ0v) is 13.5. The van der Waals surface area contributed by atoms with E-state index in [-0.39, 0.29) is 12.0 Å². The second-order valence-electron chi connectivity index (χ2n) is 6.29. The summed E-state index contributed by atoms with van der Waals surface area (Å²) in [6, 6.07) is 10.4. The maximum Gasteiger partial charge on any atom is 0.234 e. The Morgan fingerprint density at radius 2 is 2.00 bits per heavy atom. The summed E-state index contributed by atoms with van der Waals surface area (Å²) in [5, 5.41) is 12.6. The summed E-state index contributed by atoms with van der Waals surface area (Å²) in [6.07, 6.45) is 3.72. The van der Waals surface area contributed by atoms with Crippen molar-refractivity contribution in [3.63, 3.8) is 0 Å². The third-order valence-electron chi connectivity index (χ3n) is 4.49. The number of benzene rings is 1. The molecule has 122 valence electrons. The maximum absolute atomic E-state index is 11.9. The maximum atomic E-state index is 11.9. The second kappa shape index (κ2) is 8.91. The van der Waals surface area contributed by atoms with Crippen molar-refractivity contribution in [3.05, 3.63) is 35.9 Å². The minimum Gasteiger partial charge on any atom is -0.393 e. The number of amides is 1. The molecule has 1 atom stereocenters.